The molecule has 0 saturated carbocycles. The van der Waals surface area contributed by atoms with Crippen molar-refractivity contribution in [3.05, 3.63) is 101 Å². The quantitative estimate of drug-likeness (QED) is 0.241. The van der Waals surface area contributed by atoms with E-state index in [1.54, 1.807) is 23.4 Å². The van der Waals surface area contributed by atoms with Gasteiger partial charge in [0.25, 0.3) is 5.82 Å². The maximum absolute atomic E-state index is 13.6. The lowest BCUT2D eigenvalue weighted by Crippen LogP contribution is -2.67. The number of methoxy groups -OCH3 is 1. The summed E-state index contributed by atoms with van der Waals surface area (Å²) in [6, 6.07) is 25.2. The van der Waals surface area contributed by atoms with E-state index in [0.29, 0.717) is 55.3 Å². The van der Waals surface area contributed by atoms with Crippen LogP contribution in [0.4, 0.5) is 13.2 Å². The van der Waals surface area contributed by atoms with Crippen molar-refractivity contribution < 1.29 is 26.3 Å². The first kappa shape index (κ1) is 37.5. The number of hydrogen-bond acceptors (Lipinski definition) is 8. The summed E-state index contributed by atoms with van der Waals surface area (Å²) in [7, 11) is -1.87. The average molecular weight is 729 g/mol. The molecule has 0 amide bonds. The number of tetrazole rings is 1. The van der Waals surface area contributed by atoms with Crippen molar-refractivity contribution in [1.29, 1.82) is 0 Å². The van der Waals surface area contributed by atoms with E-state index in [0.717, 1.165) is 11.1 Å². The smallest absolute Gasteiger partial charge is 0.453 e. The zero-order chi connectivity index (χ0) is 32.5. The van der Waals surface area contributed by atoms with Gasteiger partial charge in [-0.15, -0.1) is 29.9 Å². The van der Waals surface area contributed by atoms with Gasteiger partial charge in [0, 0.05) is 62.8 Å². The molecule has 1 aromatic heterocycles. The lowest BCUT2D eigenvalue weighted by Gasteiger charge is -2.53. The number of piperazine rings is 2. The molecule has 10 nitrogen and oxygen atoms in total. The number of ether oxygens (including phenoxy) is 1. The molecule has 2 aliphatic heterocycles. The summed E-state index contributed by atoms with van der Waals surface area (Å²) in [5.74, 6) is -0.674. The van der Waals surface area contributed by atoms with E-state index >= 15 is 0 Å². The monoisotopic (exact) mass is 727 g/mol. The molecule has 3 heterocycles. The Balaban J connectivity index is 0.00000260. The highest BCUT2D eigenvalue weighted by molar-refractivity contribution is 7.89. The van der Waals surface area contributed by atoms with E-state index in [2.05, 4.69) is 49.6 Å². The van der Waals surface area contributed by atoms with Crippen molar-refractivity contribution in [2.45, 2.75) is 37.6 Å². The minimum absolute atomic E-state index is 0. The van der Waals surface area contributed by atoms with E-state index < -0.39 is 22.0 Å². The minimum Gasteiger partial charge on any atom is -0.496 e. The Kier molecular flexibility index (Phi) is 12.1. The van der Waals surface area contributed by atoms with Gasteiger partial charge in [-0.1, -0.05) is 60.7 Å². The van der Waals surface area contributed by atoms with Crippen molar-refractivity contribution in [3.8, 4) is 11.4 Å². The van der Waals surface area contributed by atoms with Gasteiger partial charge >= 0.3 is 6.18 Å². The van der Waals surface area contributed by atoms with E-state index in [1.807, 2.05) is 36.4 Å². The van der Waals surface area contributed by atoms with Crippen molar-refractivity contribution in [2.24, 2.45) is 0 Å². The van der Waals surface area contributed by atoms with Crippen LogP contribution in [0.5, 0.6) is 5.75 Å². The molecule has 0 bridgehead atoms. The zero-order valence-electron chi connectivity index (χ0n) is 26.4. The number of fused-ring (bicyclic) bond motifs is 1. The fourth-order valence-electron chi connectivity index (χ4n) is 6.80. The maximum atomic E-state index is 13.6. The summed E-state index contributed by atoms with van der Waals surface area (Å²) in [6.07, 6.45) is -4.73. The van der Waals surface area contributed by atoms with E-state index in [4.69, 9.17) is 4.74 Å². The molecule has 4 aromatic rings. The lowest BCUT2D eigenvalue weighted by atomic mass is 9.81. The van der Waals surface area contributed by atoms with Crippen LogP contribution in [0.15, 0.2) is 78.9 Å². The van der Waals surface area contributed by atoms with Crippen LogP contribution in [0, 0.1) is 0 Å². The van der Waals surface area contributed by atoms with Gasteiger partial charge in [0.2, 0.25) is 10.0 Å². The molecule has 48 heavy (non-hydrogen) atoms. The fraction of sp³-hybridized carbons (Fsp3) is 0.406. The summed E-state index contributed by atoms with van der Waals surface area (Å²) < 4.78 is 74.8. The molecule has 260 valence electrons. The van der Waals surface area contributed by atoms with E-state index in [-0.39, 0.29) is 54.3 Å². The first-order chi connectivity index (χ1) is 22.1. The van der Waals surface area contributed by atoms with Crippen LogP contribution in [-0.2, 0) is 22.7 Å². The highest BCUT2D eigenvalue weighted by Gasteiger charge is 2.44. The third kappa shape index (κ3) is 7.79. The van der Waals surface area contributed by atoms with Crippen molar-refractivity contribution in [1.82, 2.24) is 34.3 Å². The molecule has 3 aromatic carbocycles. The van der Waals surface area contributed by atoms with Crippen LogP contribution < -0.4 is 4.74 Å². The molecular formula is C32H38Cl2F3N7O3S. The van der Waals surface area contributed by atoms with Crippen LogP contribution in [0.2, 0.25) is 0 Å². The maximum Gasteiger partial charge on any atom is 0.453 e. The van der Waals surface area contributed by atoms with Gasteiger partial charge in [-0.2, -0.15) is 22.2 Å². The first-order valence-corrected chi connectivity index (χ1v) is 16.8. The number of sulfonamides is 1. The Morgan fingerprint density at radius 2 is 1.56 bits per heavy atom. The summed E-state index contributed by atoms with van der Waals surface area (Å²) in [6.45, 7) is 4.59. The van der Waals surface area contributed by atoms with Crippen LogP contribution in [0.3, 0.4) is 0 Å². The van der Waals surface area contributed by atoms with Gasteiger partial charge in [0.1, 0.15) is 5.75 Å². The number of halogens is 5. The standard InChI is InChI=1S/C32H36F3N7O3S.2ClH/c1-3-46(43,44)40-16-17-41-27(21-40)20-39(22-28(41)30(23-10-6-4-7-11-23)24-12-8-5-9-13-24)19-25-18-26(14-15-29(25)45-2)42-31(32(33,34)35)36-37-38-42;;/h4-15,18,27-28,30H,3,16-17,19-22H2,1-2H3;2*1H/t27-,28+;;/m1../s1. The van der Waals surface area contributed by atoms with Gasteiger partial charge in [-0.05, 0) is 46.7 Å². The number of aromatic nitrogens is 4. The average Bonchev–Trinajstić information content (AvgIpc) is 3.57. The molecule has 2 fully saturated rings. The van der Waals surface area contributed by atoms with Crippen LogP contribution >= 0.6 is 24.8 Å². The summed E-state index contributed by atoms with van der Waals surface area (Å²) in [5.41, 5.74) is 3.13. The molecule has 2 saturated heterocycles. The highest BCUT2D eigenvalue weighted by atomic mass is 35.5. The molecular weight excluding hydrogens is 690 g/mol. The van der Waals surface area contributed by atoms with Crippen LogP contribution in [-0.4, -0.2) is 100 Å². The van der Waals surface area contributed by atoms with Gasteiger partial charge in [-0.25, -0.2) is 8.42 Å². The minimum atomic E-state index is -4.73. The van der Waals surface area contributed by atoms with Gasteiger partial charge < -0.3 is 4.74 Å². The molecule has 2 aliphatic rings. The van der Waals surface area contributed by atoms with Gasteiger partial charge in [0.15, 0.2) is 0 Å². The Morgan fingerprint density at radius 3 is 2.15 bits per heavy atom. The van der Waals surface area contributed by atoms with Crippen molar-refractivity contribution in [2.75, 3.05) is 45.6 Å². The molecule has 0 unspecified atom stereocenters. The molecule has 6 rings (SSSR count). The van der Waals surface area contributed by atoms with Crippen LogP contribution in [0.25, 0.3) is 5.69 Å². The Bertz CT molecular complexity index is 1710. The second kappa shape index (κ2) is 15.5. The molecule has 0 aliphatic carbocycles. The van der Waals surface area contributed by atoms with Crippen molar-refractivity contribution in [3.63, 3.8) is 0 Å². The van der Waals surface area contributed by atoms with Gasteiger partial charge in [0.05, 0.1) is 18.6 Å². The number of rotatable bonds is 9. The van der Waals surface area contributed by atoms with E-state index in [1.165, 1.54) is 13.2 Å². The second-order valence-corrected chi connectivity index (χ2v) is 13.9. The predicted octanol–water partition coefficient (Wildman–Crippen LogP) is 4.89. The first-order valence-electron chi connectivity index (χ1n) is 15.2. The summed E-state index contributed by atoms with van der Waals surface area (Å²) in [5, 5.41) is 10.1. The molecule has 2 atom stereocenters. The van der Waals surface area contributed by atoms with Crippen LogP contribution in [0.1, 0.15) is 35.4 Å². The van der Waals surface area contributed by atoms with Gasteiger partial charge in [-0.3, -0.25) is 9.80 Å². The number of nitrogens with zero attached hydrogens (tertiary/aromatic N) is 7. The molecule has 0 radical (unpaired) electrons. The topological polar surface area (TPSA) is 96.7 Å². The fourth-order valence-corrected chi connectivity index (χ4v) is 7.92. The summed E-state index contributed by atoms with van der Waals surface area (Å²) in [4.78, 5) is 4.70. The Hall–Kier alpha value is -3.27. The number of alkyl halides is 3. The summed E-state index contributed by atoms with van der Waals surface area (Å²) >= 11 is 0. The Morgan fingerprint density at radius 1 is 0.917 bits per heavy atom. The third-order valence-corrected chi connectivity index (χ3v) is 10.8. The predicted molar refractivity (Wildman–Crippen MR) is 181 cm³/mol. The van der Waals surface area contributed by atoms with Crippen molar-refractivity contribution >= 4 is 34.8 Å². The molecule has 16 heteroatoms. The SMILES string of the molecule is CCS(=O)(=O)N1CCN2[C@H](CN(Cc3cc(-n4nnnc4C(F)(F)F)ccc3OC)C[C@H]2C(c2ccccc2)c2ccccc2)C1.Cl.Cl. The number of hydrogen-bond donors (Lipinski definition) is 0. The molecule has 0 N–H and O–H groups in total. The normalized spacial score (nSPS) is 19.3. The largest absolute Gasteiger partial charge is 0.496 e. The third-order valence-electron chi connectivity index (χ3n) is 8.92. The lowest BCUT2D eigenvalue weighted by molar-refractivity contribution is -0.146. The zero-order valence-corrected chi connectivity index (χ0v) is 28.9. The highest BCUT2D eigenvalue weighted by Crippen LogP contribution is 2.37. The second-order valence-electron chi connectivity index (χ2n) is 11.6. The number of benzene rings is 3. The molecule has 0 spiro atoms. The Labute approximate surface area is 290 Å². The van der Waals surface area contributed by atoms with E-state index in [9.17, 15) is 21.6 Å².